The highest BCUT2D eigenvalue weighted by atomic mass is 16.5. The van der Waals surface area contributed by atoms with Gasteiger partial charge in [0.25, 0.3) is 0 Å². The first kappa shape index (κ1) is 13.6. The summed E-state index contributed by atoms with van der Waals surface area (Å²) >= 11 is 0. The number of H-pyrrole nitrogens is 1. The molecule has 0 bridgehead atoms. The van der Waals surface area contributed by atoms with E-state index in [9.17, 15) is 0 Å². The van der Waals surface area contributed by atoms with Gasteiger partial charge < -0.3 is 10.1 Å². The van der Waals surface area contributed by atoms with Crippen molar-refractivity contribution in [1.29, 1.82) is 0 Å². The topological polar surface area (TPSA) is 49.9 Å². The van der Waals surface area contributed by atoms with E-state index in [0.29, 0.717) is 0 Å². The highest BCUT2D eigenvalue weighted by Crippen LogP contribution is 2.26. The summed E-state index contributed by atoms with van der Waals surface area (Å²) in [5.74, 6) is 0.925. The number of ether oxygens (including phenoxy) is 1. The van der Waals surface area contributed by atoms with E-state index >= 15 is 0 Å². The summed E-state index contributed by atoms with van der Waals surface area (Å²) in [5, 5.41) is 10.5. The van der Waals surface area contributed by atoms with Gasteiger partial charge in [0.15, 0.2) is 0 Å². The molecule has 0 amide bonds. The van der Waals surface area contributed by atoms with Gasteiger partial charge in [0.1, 0.15) is 5.75 Å². The number of aromatic nitrogens is 2. The maximum absolute atomic E-state index is 5.42. The van der Waals surface area contributed by atoms with Gasteiger partial charge in [-0.05, 0) is 26.8 Å². The Labute approximate surface area is 114 Å². The van der Waals surface area contributed by atoms with Crippen molar-refractivity contribution in [3.63, 3.8) is 0 Å². The monoisotopic (exact) mass is 259 g/mol. The first-order valence-electron chi connectivity index (χ1n) is 6.48. The average Bonchev–Trinajstić information content (AvgIpc) is 2.81. The summed E-state index contributed by atoms with van der Waals surface area (Å²) in [6.45, 7) is 7.06. The molecule has 102 valence electrons. The maximum Gasteiger partial charge on any atom is 0.123 e. The fourth-order valence-corrected chi connectivity index (χ4v) is 2.12. The first-order chi connectivity index (χ1) is 9.11. The number of nitrogens with one attached hydrogen (secondary N) is 2. The highest BCUT2D eigenvalue weighted by Gasteiger charge is 2.12. The zero-order chi connectivity index (χ0) is 13.8. The van der Waals surface area contributed by atoms with Crippen molar-refractivity contribution >= 4 is 0 Å². The lowest BCUT2D eigenvalue weighted by atomic mass is 10.0. The molecule has 19 heavy (non-hydrogen) atoms. The van der Waals surface area contributed by atoms with Crippen molar-refractivity contribution in [2.75, 3.05) is 7.11 Å². The zero-order valence-corrected chi connectivity index (χ0v) is 11.9. The number of aromatic amines is 1. The van der Waals surface area contributed by atoms with E-state index in [1.165, 1.54) is 16.7 Å². The Morgan fingerprint density at radius 2 is 2.16 bits per heavy atom. The summed E-state index contributed by atoms with van der Waals surface area (Å²) in [6.07, 6.45) is 1.86. The Morgan fingerprint density at radius 3 is 2.79 bits per heavy atom. The van der Waals surface area contributed by atoms with Gasteiger partial charge in [-0.15, -0.1) is 0 Å². The standard InChI is InChI=1S/C15H21N3O/c1-10-5-6-15(19-4)14(7-10)12(3)16-8-13-9-17-18-11(13)2/h5-7,9,12,16H,8H2,1-4H3,(H,17,18). The number of rotatable bonds is 5. The molecule has 1 atom stereocenters. The lowest BCUT2D eigenvalue weighted by Gasteiger charge is -2.18. The molecule has 0 saturated heterocycles. The normalized spacial score (nSPS) is 12.4. The van der Waals surface area contributed by atoms with E-state index < -0.39 is 0 Å². The molecule has 0 aliphatic carbocycles. The lowest BCUT2D eigenvalue weighted by Crippen LogP contribution is -2.19. The largest absolute Gasteiger partial charge is 0.496 e. The predicted octanol–water partition coefficient (Wildman–Crippen LogP) is 2.89. The molecule has 2 N–H and O–H groups in total. The molecule has 4 heteroatoms. The van der Waals surface area contributed by atoms with Gasteiger partial charge in [0, 0.05) is 29.4 Å². The first-order valence-corrected chi connectivity index (χ1v) is 6.48. The van der Waals surface area contributed by atoms with Gasteiger partial charge in [-0.2, -0.15) is 5.10 Å². The van der Waals surface area contributed by atoms with E-state index in [2.05, 4.69) is 41.5 Å². The van der Waals surface area contributed by atoms with Crippen LogP contribution in [-0.2, 0) is 6.54 Å². The minimum atomic E-state index is 0.226. The minimum absolute atomic E-state index is 0.226. The molecule has 2 rings (SSSR count). The Bertz CT molecular complexity index is 548. The molecule has 0 aliphatic rings. The van der Waals surface area contributed by atoms with Crippen LogP contribution in [0.15, 0.2) is 24.4 Å². The predicted molar refractivity (Wildman–Crippen MR) is 76.3 cm³/mol. The molecule has 1 unspecified atom stereocenters. The molecule has 0 radical (unpaired) electrons. The number of benzene rings is 1. The summed E-state index contributed by atoms with van der Waals surface area (Å²) in [4.78, 5) is 0. The zero-order valence-electron chi connectivity index (χ0n) is 11.9. The van der Waals surface area contributed by atoms with Gasteiger partial charge in [-0.25, -0.2) is 0 Å². The highest BCUT2D eigenvalue weighted by molar-refractivity contribution is 5.38. The summed E-state index contributed by atoms with van der Waals surface area (Å²) in [5.41, 5.74) is 4.72. The van der Waals surface area contributed by atoms with Crippen molar-refractivity contribution in [2.45, 2.75) is 33.4 Å². The van der Waals surface area contributed by atoms with E-state index in [4.69, 9.17) is 4.74 Å². The van der Waals surface area contributed by atoms with E-state index in [-0.39, 0.29) is 6.04 Å². The van der Waals surface area contributed by atoms with Gasteiger partial charge in [0.2, 0.25) is 0 Å². The Kier molecular flexibility index (Phi) is 4.22. The molecule has 0 spiro atoms. The molecule has 0 saturated carbocycles. The van der Waals surface area contributed by atoms with Crippen LogP contribution in [-0.4, -0.2) is 17.3 Å². The van der Waals surface area contributed by atoms with Crippen LogP contribution in [0.5, 0.6) is 5.75 Å². The second kappa shape index (κ2) is 5.89. The van der Waals surface area contributed by atoms with Crippen LogP contribution in [0.3, 0.4) is 0 Å². The van der Waals surface area contributed by atoms with Crippen LogP contribution < -0.4 is 10.1 Å². The number of hydrogen-bond donors (Lipinski definition) is 2. The molecule has 1 aromatic heterocycles. The van der Waals surface area contributed by atoms with Crippen molar-refractivity contribution in [3.8, 4) is 5.75 Å². The minimum Gasteiger partial charge on any atom is -0.496 e. The van der Waals surface area contributed by atoms with Crippen LogP contribution in [0.25, 0.3) is 0 Å². The third-order valence-electron chi connectivity index (χ3n) is 3.38. The second-order valence-corrected chi connectivity index (χ2v) is 4.87. The molecule has 4 nitrogen and oxygen atoms in total. The van der Waals surface area contributed by atoms with Crippen molar-refractivity contribution in [1.82, 2.24) is 15.5 Å². The molecule has 0 fully saturated rings. The fraction of sp³-hybridized carbons (Fsp3) is 0.400. The molecule has 1 heterocycles. The van der Waals surface area contributed by atoms with Crippen LogP contribution in [0.1, 0.15) is 35.3 Å². The Balaban J connectivity index is 2.09. The van der Waals surface area contributed by atoms with Gasteiger partial charge >= 0.3 is 0 Å². The van der Waals surface area contributed by atoms with Gasteiger partial charge in [-0.3, -0.25) is 5.10 Å². The summed E-state index contributed by atoms with van der Waals surface area (Å²) < 4.78 is 5.42. The third kappa shape index (κ3) is 3.15. The van der Waals surface area contributed by atoms with Crippen molar-refractivity contribution in [3.05, 3.63) is 46.8 Å². The second-order valence-electron chi connectivity index (χ2n) is 4.87. The van der Waals surface area contributed by atoms with Crippen LogP contribution in [0.4, 0.5) is 0 Å². The molecular formula is C15H21N3O. The van der Waals surface area contributed by atoms with Gasteiger partial charge in [-0.1, -0.05) is 17.7 Å². The molecule has 2 aromatic rings. The van der Waals surface area contributed by atoms with Gasteiger partial charge in [0.05, 0.1) is 13.3 Å². The smallest absolute Gasteiger partial charge is 0.123 e. The average molecular weight is 259 g/mol. The summed E-state index contributed by atoms with van der Waals surface area (Å²) in [6, 6.07) is 6.48. The number of hydrogen-bond acceptors (Lipinski definition) is 3. The SMILES string of the molecule is COc1ccc(C)cc1C(C)NCc1cn[nH]c1C. The third-order valence-corrected chi connectivity index (χ3v) is 3.38. The maximum atomic E-state index is 5.42. The molecule has 1 aromatic carbocycles. The summed E-state index contributed by atoms with van der Waals surface area (Å²) in [7, 11) is 1.71. The number of aryl methyl sites for hydroxylation is 2. The molecule has 0 aliphatic heterocycles. The quantitative estimate of drug-likeness (QED) is 0.868. The van der Waals surface area contributed by atoms with E-state index in [1.807, 2.05) is 19.2 Å². The van der Waals surface area contributed by atoms with Crippen LogP contribution >= 0.6 is 0 Å². The molecular weight excluding hydrogens is 238 g/mol. The fourth-order valence-electron chi connectivity index (χ4n) is 2.12. The Hall–Kier alpha value is -1.81. The van der Waals surface area contributed by atoms with Crippen molar-refractivity contribution in [2.24, 2.45) is 0 Å². The van der Waals surface area contributed by atoms with Crippen LogP contribution in [0, 0.1) is 13.8 Å². The van der Waals surface area contributed by atoms with Crippen LogP contribution in [0.2, 0.25) is 0 Å². The van der Waals surface area contributed by atoms with E-state index in [0.717, 1.165) is 18.0 Å². The number of methoxy groups -OCH3 is 1. The number of nitrogens with zero attached hydrogens (tertiary/aromatic N) is 1. The Morgan fingerprint density at radius 1 is 1.37 bits per heavy atom. The lowest BCUT2D eigenvalue weighted by molar-refractivity contribution is 0.401. The van der Waals surface area contributed by atoms with Crippen molar-refractivity contribution < 1.29 is 4.74 Å². The van der Waals surface area contributed by atoms with E-state index in [1.54, 1.807) is 7.11 Å².